The standard InChI is InChI=1S/C15H24N4/c1-10-5-14(16)18-15(17-10)9-19(2)8-13-7-11-3-4-12(13)6-11/h5,11-13H,3-4,6-9H2,1-2H3,(H2,16,17,18). The molecule has 3 unspecified atom stereocenters. The molecule has 3 rings (SSSR count). The number of hydrogen-bond donors (Lipinski definition) is 1. The third-order valence-electron chi connectivity index (χ3n) is 4.76. The van der Waals surface area contributed by atoms with Crippen molar-refractivity contribution in [1.82, 2.24) is 14.9 Å². The first-order valence-corrected chi connectivity index (χ1v) is 7.38. The Balaban J connectivity index is 1.57. The van der Waals surface area contributed by atoms with Crippen LogP contribution in [0.25, 0.3) is 0 Å². The lowest BCUT2D eigenvalue weighted by molar-refractivity contribution is 0.211. The maximum atomic E-state index is 5.78. The SMILES string of the molecule is Cc1cc(N)nc(CN(C)CC2CC3CCC2C3)n1. The molecule has 2 fully saturated rings. The summed E-state index contributed by atoms with van der Waals surface area (Å²) < 4.78 is 0. The summed E-state index contributed by atoms with van der Waals surface area (Å²) in [6, 6.07) is 1.82. The fourth-order valence-electron chi connectivity index (χ4n) is 4.03. The fourth-order valence-corrected chi connectivity index (χ4v) is 4.03. The normalized spacial score (nSPS) is 29.3. The van der Waals surface area contributed by atoms with Gasteiger partial charge in [-0.15, -0.1) is 0 Å². The Morgan fingerprint density at radius 1 is 1.32 bits per heavy atom. The number of fused-ring (bicyclic) bond motifs is 2. The number of nitrogens with two attached hydrogens (primary N) is 1. The highest BCUT2D eigenvalue weighted by molar-refractivity contribution is 5.29. The van der Waals surface area contributed by atoms with Gasteiger partial charge in [-0.25, -0.2) is 9.97 Å². The zero-order valence-corrected chi connectivity index (χ0v) is 12.0. The fraction of sp³-hybridized carbons (Fsp3) is 0.733. The van der Waals surface area contributed by atoms with Gasteiger partial charge in [-0.2, -0.15) is 0 Å². The van der Waals surface area contributed by atoms with Gasteiger partial charge >= 0.3 is 0 Å². The van der Waals surface area contributed by atoms with E-state index in [1.165, 1.54) is 32.2 Å². The molecule has 0 saturated heterocycles. The van der Waals surface area contributed by atoms with Crippen LogP contribution in [0.5, 0.6) is 0 Å². The third-order valence-corrected chi connectivity index (χ3v) is 4.76. The van der Waals surface area contributed by atoms with E-state index >= 15 is 0 Å². The highest BCUT2D eigenvalue weighted by Crippen LogP contribution is 2.48. The summed E-state index contributed by atoms with van der Waals surface area (Å²) in [5.74, 6) is 4.33. The summed E-state index contributed by atoms with van der Waals surface area (Å²) in [6.45, 7) is 3.95. The van der Waals surface area contributed by atoms with Crippen LogP contribution in [0.3, 0.4) is 0 Å². The van der Waals surface area contributed by atoms with Gasteiger partial charge in [0.25, 0.3) is 0 Å². The average Bonchev–Trinajstić information content (AvgIpc) is 2.88. The molecule has 3 atom stereocenters. The number of nitrogens with zero attached hydrogens (tertiary/aromatic N) is 3. The van der Waals surface area contributed by atoms with Gasteiger partial charge in [-0.1, -0.05) is 6.42 Å². The maximum absolute atomic E-state index is 5.78. The summed E-state index contributed by atoms with van der Waals surface area (Å²) in [4.78, 5) is 11.1. The zero-order valence-electron chi connectivity index (χ0n) is 12.0. The lowest BCUT2D eigenvalue weighted by atomic mass is 9.88. The van der Waals surface area contributed by atoms with Crippen molar-refractivity contribution in [2.75, 3.05) is 19.3 Å². The van der Waals surface area contributed by atoms with Gasteiger partial charge in [-0.05, 0) is 51.0 Å². The molecule has 0 amide bonds. The molecule has 104 valence electrons. The van der Waals surface area contributed by atoms with E-state index in [2.05, 4.69) is 21.9 Å². The Bertz CT molecular complexity index is 439. The van der Waals surface area contributed by atoms with E-state index in [4.69, 9.17) is 5.73 Å². The quantitative estimate of drug-likeness (QED) is 0.902. The molecule has 2 aliphatic rings. The van der Waals surface area contributed by atoms with E-state index in [0.29, 0.717) is 5.82 Å². The second-order valence-corrected chi connectivity index (χ2v) is 6.48. The van der Waals surface area contributed by atoms with E-state index in [-0.39, 0.29) is 0 Å². The van der Waals surface area contributed by atoms with Crippen molar-refractivity contribution in [3.63, 3.8) is 0 Å². The second kappa shape index (κ2) is 5.08. The summed E-state index contributed by atoms with van der Waals surface area (Å²) in [5, 5.41) is 0. The number of aromatic nitrogens is 2. The van der Waals surface area contributed by atoms with Crippen molar-refractivity contribution in [2.45, 2.75) is 39.2 Å². The first kappa shape index (κ1) is 12.9. The van der Waals surface area contributed by atoms with Crippen LogP contribution in [0, 0.1) is 24.7 Å². The van der Waals surface area contributed by atoms with Gasteiger partial charge in [0.2, 0.25) is 0 Å². The molecule has 0 aromatic carbocycles. The Morgan fingerprint density at radius 2 is 2.16 bits per heavy atom. The zero-order chi connectivity index (χ0) is 13.4. The molecule has 1 aromatic rings. The Morgan fingerprint density at radius 3 is 2.79 bits per heavy atom. The van der Waals surface area contributed by atoms with Crippen LogP contribution in [0.4, 0.5) is 5.82 Å². The monoisotopic (exact) mass is 260 g/mol. The number of aryl methyl sites for hydroxylation is 1. The van der Waals surface area contributed by atoms with E-state index in [1.54, 1.807) is 0 Å². The Kier molecular flexibility index (Phi) is 3.44. The maximum Gasteiger partial charge on any atom is 0.144 e. The van der Waals surface area contributed by atoms with Gasteiger partial charge in [0.1, 0.15) is 11.6 Å². The number of rotatable bonds is 4. The molecule has 2 bridgehead atoms. The van der Waals surface area contributed by atoms with Crippen LogP contribution < -0.4 is 5.73 Å². The lowest BCUT2D eigenvalue weighted by Crippen LogP contribution is -2.29. The smallest absolute Gasteiger partial charge is 0.144 e. The van der Waals surface area contributed by atoms with Gasteiger partial charge in [-0.3, -0.25) is 4.90 Å². The molecule has 0 spiro atoms. The second-order valence-electron chi connectivity index (χ2n) is 6.48. The molecule has 2 N–H and O–H groups in total. The van der Waals surface area contributed by atoms with Crippen LogP contribution in [-0.2, 0) is 6.54 Å². The molecular formula is C15H24N4. The van der Waals surface area contributed by atoms with Crippen molar-refractivity contribution in [1.29, 1.82) is 0 Å². The van der Waals surface area contributed by atoms with E-state index in [9.17, 15) is 0 Å². The first-order chi connectivity index (χ1) is 9.10. The molecule has 2 saturated carbocycles. The van der Waals surface area contributed by atoms with Crippen molar-refractivity contribution in [3.05, 3.63) is 17.6 Å². The van der Waals surface area contributed by atoms with Gasteiger partial charge in [0.15, 0.2) is 0 Å². The van der Waals surface area contributed by atoms with Crippen LogP contribution >= 0.6 is 0 Å². The number of nitrogen functional groups attached to an aromatic ring is 1. The molecular weight excluding hydrogens is 236 g/mol. The Hall–Kier alpha value is -1.16. The van der Waals surface area contributed by atoms with Crippen LogP contribution in [0.1, 0.15) is 37.2 Å². The average molecular weight is 260 g/mol. The number of anilines is 1. The van der Waals surface area contributed by atoms with Crippen LogP contribution in [0.2, 0.25) is 0 Å². The lowest BCUT2D eigenvalue weighted by Gasteiger charge is -2.26. The third kappa shape index (κ3) is 2.89. The minimum absolute atomic E-state index is 0.579. The predicted octanol–water partition coefficient (Wildman–Crippen LogP) is 2.24. The van der Waals surface area contributed by atoms with Crippen molar-refractivity contribution in [2.24, 2.45) is 17.8 Å². The molecule has 1 aromatic heterocycles. The molecule has 0 aliphatic heterocycles. The minimum atomic E-state index is 0.579. The summed E-state index contributed by atoms with van der Waals surface area (Å²) in [5.41, 5.74) is 6.73. The molecule has 1 heterocycles. The number of hydrogen-bond acceptors (Lipinski definition) is 4. The first-order valence-electron chi connectivity index (χ1n) is 7.38. The van der Waals surface area contributed by atoms with Gasteiger partial charge in [0.05, 0.1) is 6.54 Å². The molecule has 0 radical (unpaired) electrons. The van der Waals surface area contributed by atoms with E-state index in [1.807, 2.05) is 13.0 Å². The molecule has 2 aliphatic carbocycles. The van der Waals surface area contributed by atoms with E-state index in [0.717, 1.165) is 35.8 Å². The van der Waals surface area contributed by atoms with E-state index < -0.39 is 0 Å². The highest BCUT2D eigenvalue weighted by atomic mass is 15.1. The van der Waals surface area contributed by atoms with Crippen molar-refractivity contribution >= 4 is 5.82 Å². The van der Waals surface area contributed by atoms with Crippen molar-refractivity contribution < 1.29 is 0 Å². The highest BCUT2D eigenvalue weighted by Gasteiger charge is 2.39. The predicted molar refractivity (Wildman–Crippen MR) is 76.5 cm³/mol. The summed E-state index contributed by atoms with van der Waals surface area (Å²) >= 11 is 0. The molecule has 4 heteroatoms. The van der Waals surface area contributed by atoms with Crippen molar-refractivity contribution in [3.8, 4) is 0 Å². The molecule has 19 heavy (non-hydrogen) atoms. The summed E-state index contributed by atoms with van der Waals surface area (Å²) in [6.07, 6.45) is 5.84. The van der Waals surface area contributed by atoms with Crippen LogP contribution in [-0.4, -0.2) is 28.5 Å². The summed E-state index contributed by atoms with van der Waals surface area (Å²) in [7, 11) is 2.17. The van der Waals surface area contributed by atoms with Gasteiger partial charge in [0, 0.05) is 18.3 Å². The minimum Gasteiger partial charge on any atom is -0.384 e. The topological polar surface area (TPSA) is 55.0 Å². The molecule has 4 nitrogen and oxygen atoms in total. The largest absolute Gasteiger partial charge is 0.384 e. The van der Waals surface area contributed by atoms with Crippen LogP contribution in [0.15, 0.2) is 6.07 Å². The Labute approximate surface area is 115 Å². The van der Waals surface area contributed by atoms with Gasteiger partial charge < -0.3 is 5.73 Å².